The summed E-state index contributed by atoms with van der Waals surface area (Å²) in [6.45, 7) is 3.55. The Bertz CT molecular complexity index is 974. The highest BCUT2D eigenvalue weighted by molar-refractivity contribution is 5.66. The van der Waals surface area contributed by atoms with Gasteiger partial charge < -0.3 is 14.2 Å². The number of hydrogen-bond acceptors (Lipinski definition) is 3. The van der Waals surface area contributed by atoms with Gasteiger partial charge in [0.05, 0.1) is 18.8 Å². The lowest BCUT2D eigenvalue weighted by Gasteiger charge is -2.37. The van der Waals surface area contributed by atoms with Crippen molar-refractivity contribution in [2.75, 3.05) is 13.2 Å². The molecular weight excluding hydrogens is 486 g/mol. The summed E-state index contributed by atoms with van der Waals surface area (Å²) in [4.78, 5) is 0. The minimum Gasteiger partial charge on any atom is -0.428 e. The molecule has 9 heteroatoms. The van der Waals surface area contributed by atoms with Crippen LogP contribution in [0.15, 0.2) is 36.4 Å². The van der Waals surface area contributed by atoms with Crippen molar-refractivity contribution in [1.29, 1.82) is 0 Å². The number of hydrogen-bond donors (Lipinski definition) is 0. The Morgan fingerprint density at radius 2 is 1.53 bits per heavy atom. The van der Waals surface area contributed by atoms with E-state index in [1.54, 1.807) is 0 Å². The topological polar surface area (TPSA) is 27.7 Å². The van der Waals surface area contributed by atoms with E-state index < -0.39 is 29.9 Å². The fourth-order valence-electron chi connectivity index (χ4n) is 5.13. The van der Waals surface area contributed by atoms with Gasteiger partial charge in [0, 0.05) is 11.8 Å². The van der Waals surface area contributed by atoms with Crippen molar-refractivity contribution in [2.24, 2.45) is 11.8 Å². The number of halogens is 6. The summed E-state index contributed by atoms with van der Waals surface area (Å²) in [5.74, 6) is -1.39. The normalized spacial score (nSPS) is 25.2. The molecule has 2 aromatic rings. The minimum absolute atomic E-state index is 0.00286. The molecule has 0 atom stereocenters. The number of rotatable bonds is 8. The van der Waals surface area contributed by atoms with Crippen LogP contribution in [0.5, 0.6) is 5.75 Å². The van der Waals surface area contributed by atoms with E-state index in [1.807, 2.05) is 0 Å². The van der Waals surface area contributed by atoms with Crippen LogP contribution < -0.4 is 4.74 Å². The van der Waals surface area contributed by atoms with Crippen LogP contribution in [0.2, 0.25) is 0 Å². The first kappa shape index (κ1) is 26.8. The third kappa shape index (κ3) is 6.17. The van der Waals surface area contributed by atoms with Gasteiger partial charge in [-0.15, -0.1) is 0 Å². The van der Waals surface area contributed by atoms with Gasteiger partial charge in [-0.2, -0.15) is 17.6 Å². The van der Waals surface area contributed by atoms with Crippen molar-refractivity contribution in [3.63, 3.8) is 0 Å². The Morgan fingerprint density at radius 1 is 0.944 bits per heavy atom. The molecule has 1 saturated carbocycles. The second-order valence-electron chi connectivity index (χ2n) is 9.65. The first-order valence-electron chi connectivity index (χ1n) is 12.4. The molecule has 0 bridgehead atoms. The Morgan fingerprint density at radius 3 is 2.06 bits per heavy atom. The molecule has 1 heterocycles. The van der Waals surface area contributed by atoms with E-state index in [-0.39, 0.29) is 29.3 Å². The van der Waals surface area contributed by atoms with Gasteiger partial charge >= 0.3 is 12.5 Å². The molecule has 0 spiro atoms. The first-order valence-corrected chi connectivity index (χ1v) is 12.4. The maximum Gasteiger partial charge on any atom is 0.461 e. The van der Waals surface area contributed by atoms with Gasteiger partial charge in [-0.3, -0.25) is 0 Å². The number of alkyl halides is 4. The smallest absolute Gasteiger partial charge is 0.428 e. The van der Waals surface area contributed by atoms with Gasteiger partial charge in [0.15, 0.2) is 6.29 Å². The fourth-order valence-corrected chi connectivity index (χ4v) is 5.13. The maximum atomic E-state index is 15.0. The molecule has 3 nitrogen and oxygen atoms in total. The molecule has 1 aliphatic heterocycles. The van der Waals surface area contributed by atoms with Crippen LogP contribution in [0.25, 0.3) is 11.1 Å². The lowest BCUT2D eigenvalue weighted by atomic mass is 9.78. The highest BCUT2D eigenvalue weighted by atomic mass is 19.3. The summed E-state index contributed by atoms with van der Waals surface area (Å²) < 4.78 is 96.6. The van der Waals surface area contributed by atoms with E-state index in [0.717, 1.165) is 62.8 Å². The van der Waals surface area contributed by atoms with E-state index >= 15 is 0 Å². The van der Waals surface area contributed by atoms with E-state index in [9.17, 15) is 26.3 Å². The van der Waals surface area contributed by atoms with Crippen LogP contribution >= 0.6 is 0 Å². The second kappa shape index (κ2) is 11.4. The van der Waals surface area contributed by atoms with Gasteiger partial charge in [-0.1, -0.05) is 25.5 Å². The monoisotopic (exact) mass is 516 g/mol. The maximum absolute atomic E-state index is 15.0. The SMILES string of the molecule is CCCC1COC(C2CCC(c3cc(F)c(-c4ccc(OC(F)(F)C(F)F)cc4)c(F)c3)CC2)OC1. The zero-order valence-electron chi connectivity index (χ0n) is 20.0. The predicted molar refractivity (Wildman–Crippen MR) is 122 cm³/mol. The summed E-state index contributed by atoms with van der Waals surface area (Å²) in [6.07, 6.45) is -3.52. The first-order chi connectivity index (χ1) is 17.2. The summed E-state index contributed by atoms with van der Waals surface area (Å²) in [6, 6.07) is 6.86. The zero-order valence-corrected chi connectivity index (χ0v) is 20.0. The number of ether oxygens (including phenoxy) is 3. The summed E-state index contributed by atoms with van der Waals surface area (Å²) >= 11 is 0. The highest BCUT2D eigenvalue weighted by Crippen LogP contribution is 2.41. The lowest BCUT2D eigenvalue weighted by Crippen LogP contribution is -2.38. The molecule has 1 saturated heterocycles. The van der Waals surface area contributed by atoms with Gasteiger partial charge in [-0.05, 0) is 73.4 Å². The zero-order chi connectivity index (χ0) is 25.9. The van der Waals surface area contributed by atoms with Crippen LogP contribution in [0.1, 0.15) is 56.9 Å². The standard InChI is InChI=1S/C27H30F6O3/c1-2-3-16-14-34-25(35-15-16)19-6-4-17(5-7-19)20-12-22(28)24(23(29)13-20)18-8-10-21(11-9-18)36-27(32,33)26(30)31/h8-13,16-17,19,25-26H,2-7,14-15H2,1H3. The van der Waals surface area contributed by atoms with Crippen LogP contribution in [0.3, 0.4) is 0 Å². The van der Waals surface area contributed by atoms with Gasteiger partial charge in [-0.25, -0.2) is 8.78 Å². The molecule has 2 fully saturated rings. The van der Waals surface area contributed by atoms with Crippen molar-refractivity contribution in [1.82, 2.24) is 0 Å². The fraction of sp³-hybridized carbons (Fsp3) is 0.556. The average molecular weight is 517 g/mol. The molecule has 0 radical (unpaired) electrons. The lowest BCUT2D eigenvalue weighted by molar-refractivity contribution is -0.253. The molecule has 198 valence electrons. The van der Waals surface area contributed by atoms with Crippen LogP contribution in [0.4, 0.5) is 26.3 Å². The largest absolute Gasteiger partial charge is 0.461 e. The molecule has 2 aliphatic rings. The van der Waals surface area contributed by atoms with Crippen molar-refractivity contribution in [3.05, 3.63) is 53.6 Å². The predicted octanol–water partition coefficient (Wildman–Crippen LogP) is 7.93. The Balaban J connectivity index is 1.38. The van der Waals surface area contributed by atoms with Crippen molar-refractivity contribution in [3.8, 4) is 16.9 Å². The van der Waals surface area contributed by atoms with Crippen LogP contribution in [-0.4, -0.2) is 32.0 Å². The van der Waals surface area contributed by atoms with Gasteiger partial charge in [0.2, 0.25) is 0 Å². The molecule has 2 aromatic carbocycles. The van der Waals surface area contributed by atoms with Gasteiger partial charge in [0.1, 0.15) is 17.4 Å². The third-order valence-electron chi connectivity index (χ3n) is 7.03. The molecule has 0 N–H and O–H groups in total. The quantitative estimate of drug-likeness (QED) is 0.334. The number of benzene rings is 2. The Hall–Kier alpha value is -2.26. The average Bonchev–Trinajstić information content (AvgIpc) is 2.85. The summed E-state index contributed by atoms with van der Waals surface area (Å²) in [7, 11) is 0. The Kier molecular flexibility index (Phi) is 8.50. The summed E-state index contributed by atoms with van der Waals surface area (Å²) in [5.41, 5.74) is 0.336. The van der Waals surface area contributed by atoms with Crippen LogP contribution in [-0.2, 0) is 9.47 Å². The molecule has 36 heavy (non-hydrogen) atoms. The second-order valence-corrected chi connectivity index (χ2v) is 9.65. The molecule has 0 aromatic heterocycles. The van der Waals surface area contributed by atoms with Crippen molar-refractivity contribution >= 4 is 0 Å². The molecule has 4 rings (SSSR count). The third-order valence-corrected chi connectivity index (χ3v) is 7.03. The van der Waals surface area contributed by atoms with Crippen molar-refractivity contribution in [2.45, 2.75) is 70.2 Å². The van der Waals surface area contributed by atoms with E-state index in [2.05, 4.69) is 11.7 Å². The molecular formula is C27H30F6O3. The van der Waals surface area contributed by atoms with Crippen LogP contribution in [0, 0.1) is 23.5 Å². The summed E-state index contributed by atoms with van der Waals surface area (Å²) in [5, 5.41) is 0. The highest BCUT2D eigenvalue weighted by Gasteiger charge is 2.44. The van der Waals surface area contributed by atoms with E-state index in [1.165, 1.54) is 12.1 Å². The van der Waals surface area contributed by atoms with E-state index in [4.69, 9.17) is 9.47 Å². The van der Waals surface area contributed by atoms with E-state index in [0.29, 0.717) is 24.7 Å². The van der Waals surface area contributed by atoms with Gasteiger partial charge in [0.25, 0.3) is 0 Å². The minimum atomic E-state index is -4.66. The van der Waals surface area contributed by atoms with Crippen molar-refractivity contribution < 1.29 is 40.6 Å². The molecule has 0 amide bonds. The molecule has 0 unspecified atom stereocenters. The Labute approximate surface area is 206 Å². The molecule has 1 aliphatic carbocycles.